The van der Waals surface area contributed by atoms with Gasteiger partial charge in [0, 0.05) is 12.1 Å². The molecule has 0 aliphatic heterocycles. The molecule has 0 bridgehead atoms. The predicted molar refractivity (Wildman–Crippen MR) is 58.6 cm³/mol. The summed E-state index contributed by atoms with van der Waals surface area (Å²) in [6.07, 6.45) is 0. The summed E-state index contributed by atoms with van der Waals surface area (Å²) in [5.41, 5.74) is 0.137. The van der Waals surface area contributed by atoms with E-state index in [1.165, 1.54) is 0 Å². The van der Waals surface area contributed by atoms with Crippen LogP contribution in [0.1, 0.15) is 5.56 Å². The van der Waals surface area contributed by atoms with Crippen molar-refractivity contribution in [2.45, 2.75) is 6.54 Å². The van der Waals surface area contributed by atoms with Gasteiger partial charge in [0.1, 0.15) is 11.6 Å². The predicted octanol–water partition coefficient (Wildman–Crippen LogP) is 0.502. The Morgan fingerprint density at radius 1 is 1.17 bits per heavy atom. The lowest BCUT2D eigenvalue weighted by Crippen LogP contribution is -2.34. The number of carbonyl (C=O) groups is 2. The van der Waals surface area contributed by atoms with Gasteiger partial charge in [0.15, 0.2) is 0 Å². The van der Waals surface area contributed by atoms with Gasteiger partial charge in [-0.05, 0) is 18.2 Å². The van der Waals surface area contributed by atoms with E-state index in [1.807, 2.05) is 0 Å². The number of benzene rings is 1. The Morgan fingerprint density at radius 2 is 1.72 bits per heavy atom. The summed E-state index contributed by atoms with van der Waals surface area (Å²) in [4.78, 5) is 22.2. The van der Waals surface area contributed by atoms with Gasteiger partial charge in [-0.15, -0.1) is 0 Å². The summed E-state index contributed by atoms with van der Waals surface area (Å²) >= 11 is 0. The summed E-state index contributed by atoms with van der Waals surface area (Å²) < 4.78 is 13.0. The summed E-state index contributed by atoms with van der Waals surface area (Å²) in [7, 11) is 0. The van der Waals surface area contributed by atoms with Crippen molar-refractivity contribution in [1.82, 2.24) is 4.90 Å². The molecule has 0 amide bonds. The molecule has 0 saturated carbocycles. The number of hydrogen-bond acceptors (Lipinski definition) is 4. The smallest absolute Gasteiger partial charge is 0.317 e. The number of aliphatic carboxylic acids is 2. The number of rotatable bonds is 6. The van der Waals surface area contributed by atoms with E-state index in [4.69, 9.17) is 10.2 Å². The molecule has 0 atom stereocenters. The van der Waals surface area contributed by atoms with Crippen molar-refractivity contribution in [2.75, 3.05) is 13.1 Å². The molecule has 6 nitrogen and oxygen atoms in total. The molecule has 0 saturated heterocycles. The number of aromatic hydroxyl groups is 1. The van der Waals surface area contributed by atoms with Crippen LogP contribution in [0.25, 0.3) is 0 Å². The fourth-order valence-electron chi connectivity index (χ4n) is 1.47. The quantitative estimate of drug-likeness (QED) is 0.686. The van der Waals surface area contributed by atoms with E-state index in [2.05, 4.69) is 0 Å². The van der Waals surface area contributed by atoms with Gasteiger partial charge in [0.25, 0.3) is 0 Å². The zero-order chi connectivity index (χ0) is 13.7. The molecule has 3 N–H and O–H groups in total. The Labute approximate surface area is 102 Å². The highest BCUT2D eigenvalue weighted by Crippen LogP contribution is 2.19. The lowest BCUT2D eigenvalue weighted by atomic mass is 10.2. The van der Waals surface area contributed by atoms with Crippen LogP contribution in [0.15, 0.2) is 18.2 Å². The average molecular weight is 257 g/mol. The number of carboxylic acids is 2. The third kappa shape index (κ3) is 4.38. The highest BCUT2D eigenvalue weighted by atomic mass is 19.1. The summed E-state index contributed by atoms with van der Waals surface area (Å²) in [5.74, 6) is -3.20. The van der Waals surface area contributed by atoms with E-state index in [1.54, 1.807) is 0 Å². The van der Waals surface area contributed by atoms with E-state index in [9.17, 15) is 19.1 Å². The van der Waals surface area contributed by atoms with E-state index in [0.29, 0.717) is 0 Å². The molecule has 98 valence electrons. The maximum Gasteiger partial charge on any atom is 0.317 e. The number of nitrogens with zero attached hydrogens (tertiary/aromatic N) is 1. The van der Waals surface area contributed by atoms with Crippen molar-refractivity contribution in [3.05, 3.63) is 29.6 Å². The monoisotopic (exact) mass is 257 g/mol. The van der Waals surface area contributed by atoms with Gasteiger partial charge in [-0.2, -0.15) is 0 Å². The van der Waals surface area contributed by atoms with Crippen molar-refractivity contribution >= 4 is 11.9 Å². The fourth-order valence-corrected chi connectivity index (χ4v) is 1.47. The topological polar surface area (TPSA) is 98.1 Å². The van der Waals surface area contributed by atoms with Crippen molar-refractivity contribution in [3.63, 3.8) is 0 Å². The molecule has 1 aromatic carbocycles. The molecule has 0 aromatic heterocycles. The first-order valence-corrected chi connectivity index (χ1v) is 5.02. The summed E-state index contributed by atoms with van der Waals surface area (Å²) in [5, 5.41) is 26.7. The minimum Gasteiger partial charge on any atom is -0.508 e. The van der Waals surface area contributed by atoms with Crippen molar-refractivity contribution < 1.29 is 29.3 Å². The molecule has 0 aliphatic carbocycles. The normalized spacial score (nSPS) is 10.6. The second-order valence-electron chi connectivity index (χ2n) is 3.71. The summed E-state index contributed by atoms with van der Waals surface area (Å²) in [6, 6.07) is 3.22. The van der Waals surface area contributed by atoms with Gasteiger partial charge >= 0.3 is 11.9 Å². The summed E-state index contributed by atoms with van der Waals surface area (Å²) in [6.45, 7) is -1.19. The van der Waals surface area contributed by atoms with Gasteiger partial charge in [0.2, 0.25) is 0 Å². The van der Waals surface area contributed by atoms with Crippen LogP contribution < -0.4 is 0 Å². The maximum atomic E-state index is 13.0. The lowest BCUT2D eigenvalue weighted by molar-refractivity contribution is -0.142. The first-order chi connectivity index (χ1) is 8.38. The SMILES string of the molecule is O=C(O)CN(CC(=O)O)Cc1cc(F)ccc1O. The van der Waals surface area contributed by atoms with Crippen molar-refractivity contribution in [3.8, 4) is 5.75 Å². The van der Waals surface area contributed by atoms with E-state index < -0.39 is 30.8 Å². The van der Waals surface area contributed by atoms with Crippen LogP contribution in [0, 0.1) is 5.82 Å². The number of halogens is 1. The van der Waals surface area contributed by atoms with Crippen LogP contribution in [-0.4, -0.2) is 45.2 Å². The molecule has 0 radical (unpaired) electrons. The third-order valence-electron chi connectivity index (χ3n) is 2.15. The second kappa shape index (κ2) is 5.97. The number of hydrogen-bond donors (Lipinski definition) is 3. The molecular formula is C11H12FNO5. The van der Waals surface area contributed by atoms with Gasteiger partial charge < -0.3 is 15.3 Å². The van der Waals surface area contributed by atoms with Crippen LogP contribution in [-0.2, 0) is 16.1 Å². The molecule has 1 rings (SSSR count). The first-order valence-electron chi connectivity index (χ1n) is 5.02. The molecule has 0 aliphatic rings. The minimum atomic E-state index is -1.20. The van der Waals surface area contributed by atoms with Gasteiger partial charge in [-0.3, -0.25) is 14.5 Å². The van der Waals surface area contributed by atoms with Crippen LogP contribution in [0.2, 0.25) is 0 Å². The van der Waals surface area contributed by atoms with Crippen LogP contribution in [0.4, 0.5) is 4.39 Å². The van der Waals surface area contributed by atoms with Crippen molar-refractivity contribution in [1.29, 1.82) is 0 Å². The zero-order valence-corrected chi connectivity index (χ0v) is 9.34. The van der Waals surface area contributed by atoms with E-state index in [-0.39, 0.29) is 17.9 Å². The number of phenolic OH excluding ortho intramolecular Hbond substituents is 1. The standard InChI is InChI=1S/C11H12FNO5/c12-8-1-2-9(14)7(3-8)4-13(5-10(15)16)6-11(17)18/h1-3,14H,4-6H2,(H,15,16)(H,17,18). The molecule has 0 spiro atoms. The Balaban J connectivity index is 2.84. The fraction of sp³-hybridized carbons (Fsp3) is 0.273. The Morgan fingerprint density at radius 3 is 2.22 bits per heavy atom. The van der Waals surface area contributed by atoms with Gasteiger partial charge in [-0.25, -0.2) is 4.39 Å². The first kappa shape index (κ1) is 13.9. The largest absolute Gasteiger partial charge is 0.508 e. The molecule has 0 unspecified atom stereocenters. The zero-order valence-electron chi connectivity index (χ0n) is 9.34. The third-order valence-corrected chi connectivity index (χ3v) is 2.15. The Hall–Kier alpha value is -2.15. The maximum absolute atomic E-state index is 13.0. The van der Waals surface area contributed by atoms with Crippen LogP contribution >= 0.6 is 0 Å². The molecule has 1 aromatic rings. The Kier molecular flexibility index (Phi) is 4.61. The molecule has 0 heterocycles. The highest BCUT2D eigenvalue weighted by molar-refractivity contribution is 5.72. The van der Waals surface area contributed by atoms with Gasteiger partial charge in [0.05, 0.1) is 13.1 Å². The van der Waals surface area contributed by atoms with Crippen molar-refractivity contribution in [2.24, 2.45) is 0 Å². The number of phenols is 1. The van der Waals surface area contributed by atoms with Gasteiger partial charge in [-0.1, -0.05) is 0 Å². The second-order valence-corrected chi connectivity index (χ2v) is 3.71. The molecule has 0 fully saturated rings. The van der Waals surface area contributed by atoms with Crippen LogP contribution in [0.3, 0.4) is 0 Å². The minimum absolute atomic E-state index is 0.137. The Bertz CT molecular complexity index is 447. The highest BCUT2D eigenvalue weighted by Gasteiger charge is 2.15. The number of carboxylic acid groups (broad SMARTS) is 2. The van der Waals surface area contributed by atoms with Crippen LogP contribution in [0.5, 0.6) is 5.75 Å². The molecule has 18 heavy (non-hydrogen) atoms. The molecular weight excluding hydrogens is 245 g/mol. The lowest BCUT2D eigenvalue weighted by Gasteiger charge is -2.18. The average Bonchev–Trinajstić information content (AvgIpc) is 2.21. The van der Waals surface area contributed by atoms with E-state index in [0.717, 1.165) is 23.1 Å². The molecule has 7 heteroatoms. The van der Waals surface area contributed by atoms with E-state index >= 15 is 0 Å².